The summed E-state index contributed by atoms with van der Waals surface area (Å²) >= 11 is 0. The number of carbonyl (C=O) groups is 1. The molecule has 1 N–H and O–H groups in total. The van der Waals surface area contributed by atoms with Gasteiger partial charge in [0.05, 0.1) is 10.5 Å². The van der Waals surface area contributed by atoms with Crippen molar-refractivity contribution in [1.82, 2.24) is 0 Å². The number of nitrogens with one attached hydrogen (secondary N) is 1. The number of benzene rings is 2. The highest BCUT2D eigenvalue weighted by molar-refractivity contribution is 7.92. The smallest absolute Gasteiger partial charge is 0.312 e. The maximum atomic E-state index is 12.8. The fraction of sp³-hybridized carbons (Fsp3) is 0.278. The van der Waals surface area contributed by atoms with Gasteiger partial charge >= 0.3 is 6.18 Å². The number of amides is 1. The zero-order valence-corrected chi connectivity index (χ0v) is 15.0. The Kier molecular flexibility index (Phi) is 5.14. The molecule has 144 valence electrons. The minimum absolute atomic E-state index is 0.0125. The lowest BCUT2D eigenvalue weighted by Gasteiger charge is -2.26. The first-order chi connectivity index (χ1) is 12.7. The summed E-state index contributed by atoms with van der Waals surface area (Å²) in [6, 6.07) is 9.69. The first-order valence-electron chi connectivity index (χ1n) is 8.27. The van der Waals surface area contributed by atoms with Crippen LogP contribution in [0.4, 0.5) is 24.5 Å². The van der Waals surface area contributed by atoms with Crippen LogP contribution in [0.15, 0.2) is 53.4 Å². The van der Waals surface area contributed by atoms with Gasteiger partial charge in [0.15, 0.2) is 0 Å². The molecule has 1 heterocycles. The summed E-state index contributed by atoms with van der Waals surface area (Å²) in [5.74, 6) is 0.0125. The number of nitrogens with zero attached hydrogens (tertiary/aromatic N) is 1. The molecule has 0 aliphatic carbocycles. The van der Waals surface area contributed by atoms with Crippen LogP contribution >= 0.6 is 0 Å². The number of sulfonamides is 1. The van der Waals surface area contributed by atoms with Gasteiger partial charge in [-0.05, 0) is 55.3 Å². The van der Waals surface area contributed by atoms with Crippen molar-refractivity contribution < 1.29 is 26.4 Å². The van der Waals surface area contributed by atoms with Crippen molar-refractivity contribution in [3.63, 3.8) is 0 Å². The van der Waals surface area contributed by atoms with E-state index >= 15 is 0 Å². The van der Waals surface area contributed by atoms with Gasteiger partial charge in [0.25, 0.3) is 10.0 Å². The molecule has 1 aliphatic rings. The highest BCUT2D eigenvalue weighted by atomic mass is 32.2. The average molecular weight is 398 g/mol. The third-order valence-electron chi connectivity index (χ3n) is 4.23. The molecule has 27 heavy (non-hydrogen) atoms. The zero-order chi connectivity index (χ0) is 19.7. The maximum absolute atomic E-state index is 12.8. The Morgan fingerprint density at radius 1 is 1.00 bits per heavy atom. The molecule has 0 spiro atoms. The van der Waals surface area contributed by atoms with Crippen molar-refractivity contribution in [3.05, 3.63) is 54.1 Å². The number of anilines is 2. The van der Waals surface area contributed by atoms with Gasteiger partial charge in [-0.15, -0.1) is 0 Å². The molecule has 0 aromatic heterocycles. The molecule has 0 radical (unpaired) electrons. The van der Waals surface area contributed by atoms with E-state index in [9.17, 15) is 26.4 Å². The van der Waals surface area contributed by atoms with Crippen LogP contribution in [0.3, 0.4) is 0 Å². The van der Waals surface area contributed by atoms with E-state index in [1.54, 1.807) is 17.0 Å². The number of piperidine rings is 1. The van der Waals surface area contributed by atoms with Crippen molar-refractivity contribution in [1.29, 1.82) is 0 Å². The molecule has 0 saturated carbocycles. The van der Waals surface area contributed by atoms with Crippen LogP contribution in [0.1, 0.15) is 24.8 Å². The fourth-order valence-corrected chi connectivity index (χ4v) is 3.95. The maximum Gasteiger partial charge on any atom is 0.416 e. The molecule has 1 fully saturated rings. The van der Waals surface area contributed by atoms with Crippen LogP contribution < -0.4 is 9.62 Å². The van der Waals surface area contributed by atoms with E-state index in [4.69, 9.17) is 0 Å². The third-order valence-corrected chi connectivity index (χ3v) is 5.61. The number of halogens is 3. The lowest BCUT2D eigenvalue weighted by molar-refractivity contribution is -0.137. The van der Waals surface area contributed by atoms with E-state index in [1.165, 1.54) is 12.1 Å². The van der Waals surface area contributed by atoms with E-state index < -0.39 is 26.7 Å². The second kappa shape index (κ2) is 7.22. The Morgan fingerprint density at radius 3 is 2.33 bits per heavy atom. The summed E-state index contributed by atoms with van der Waals surface area (Å²) in [4.78, 5) is 13.1. The first kappa shape index (κ1) is 19.2. The van der Waals surface area contributed by atoms with E-state index in [2.05, 4.69) is 4.72 Å². The van der Waals surface area contributed by atoms with Gasteiger partial charge in [0.1, 0.15) is 0 Å². The fourth-order valence-electron chi connectivity index (χ4n) is 2.84. The molecule has 9 heteroatoms. The molecule has 1 saturated heterocycles. The molecule has 3 rings (SSSR count). The minimum Gasteiger partial charge on any atom is -0.312 e. The minimum atomic E-state index is -4.63. The Balaban J connectivity index is 1.79. The molecule has 0 unspecified atom stereocenters. The lowest BCUT2D eigenvalue weighted by atomic mass is 10.1. The monoisotopic (exact) mass is 398 g/mol. The van der Waals surface area contributed by atoms with Crippen molar-refractivity contribution in [3.8, 4) is 0 Å². The Bertz CT molecular complexity index is 941. The van der Waals surface area contributed by atoms with Gasteiger partial charge in [0, 0.05) is 24.3 Å². The van der Waals surface area contributed by atoms with Crippen molar-refractivity contribution in [2.75, 3.05) is 16.2 Å². The van der Waals surface area contributed by atoms with Gasteiger partial charge < -0.3 is 4.90 Å². The average Bonchev–Trinajstić information content (AvgIpc) is 2.62. The molecular formula is C18H17F3N2O3S. The summed E-state index contributed by atoms with van der Waals surface area (Å²) in [5.41, 5.74) is -0.188. The highest BCUT2D eigenvalue weighted by Crippen LogP contribution is 2.31. The van der Waals surface area contributed by atoms with Gasteiger partial charge in [-0.2, -0.15) is 13.2 Å². The molecule has 2 aromatic carbocycles. The highest BCUT2D eigenvalue weighted by Gasteiger charge is 2.31. The molecule has 0 bridgehead atoms. The molecule has 1 aliphatic heterocycles. The molecular weight excluding hydrogens is 381 g/mol. The lowest BCUT2D eigenvalue weighted by Crippen LogP contribution is -2.35. The predicted molar refractivity (Wildman–Crippen MR) is 94.9 cm³/mol. The van der Waals surface area contributed by atoms with Crippen molar-refractivity contribution in [2.24, 2.45) is 0 Å². The van der Waals surface area contributed by atoms with Gasteiger partial charge in [0.2, 0.25) is 5.91 Å². The topological polar surface area (TPSA) is 66.5 Å². The Morgan fingerprint density at radius 2 is 1.70 bits per heavy atom. The number of hydrogen-bond acceptors (Lipinski definition) is 3. The SMILES string of the molecule is O=C1CCCCN1c1ccc(NS(=O)(=O)c2cccc(C(F)(F)F)c2)cc1. The summed E-state index contributed by atoms with van der Waals surface area (Å²) in [7, 11) is -4.18. The van der Waals surface area contributed by atoms with Crippen LogP contribution in [0.2, 0.25) is 0 Å². The van der Waals surface area contributed by atoms with Crippen molar-refractivity contribution >= 4 is 27.3 Å². The number of hydrogen-bond donors (Lipinski definition) is 1. The van der Waals surface area contributed by atoms with Crippen LogP contribution in [0.25, 0.3) is 0 Å². The van der Waals surface area contributed by atoms with E-state index in [0.29, 0.717) is 24.7 Å². The second-order valence-corrected chi connectivity index (χ2v) is 7.86. The van der Waals surface area contributed by atoms with E-state index in [0.717, 1.165) is 31.0 Å². The van der Waals surface area contributed by atoms with E-state index in [1.807, 2.05) is 0 Å². The Hall–Kier alpha value is -2.55. The van der Waals surface area contributed by atoms with Crippen LogP contribution in [-0.4, -0.2) is 20.9 Å². The van der Waals surface area contributed by atoms with Crippen LogP contribution in [0.5, 0.6) is 0 Å². The van der Waals surface area contributed by atoms with Crippen LogP contribution in [0, 0.1) is 0 Å². The second-order valence-electron chi connectivity index (χ2n) is 6.18. The number of alkyl halides is 3. The van der Waals surface area contributed by atoms with Crippen LogP contribution in [-0.2, 0) is 21.0 Å². The Labute approximate surface area is 154 Å². The largest absolute Gasteiger partial charge is 0.416 e. The molecule has 2 aromatic rings. The van der Waals surface area contributed by atoms with Gasteiger partial charge in [-0.1, -0.05) is 6.07 Å². The zero-order valence-electron chi connectivity index (χ0n) is 14.2. The summed E-state index contributed by atoms with van der Waals surface area (Å²) < 4.78 is 65.4. The van der Waals surface area contributed by atoms with Crippen molar-refractivity contribution in [2.45, 2.75) is 30.3 Å². The predicted octanol–water partition coefficient (Wildman–Crippen LogP) is 4.02. The molecule has 1 amide bonds. The summed E-state index contributed by atoms with van der Waals surface area (Å²) in [5, 5.41) is 0. The van der Waals surface area contributed by atoms with E-state index in [-0.39, 0.29) is 11.6 Å². The van der Waals surface area contributed by atoms with Gasteiger partial charge in [-0.3, -0.25) is 9.52 Å². The summed E-state index contributed by atoms with van der Waals surface area (Å²) in [6.07, 6.45) is -2.40. The first-order valence-corrected chi connectivity index (χ1v) is 9.76. The summed E-state index contributed by atoms with van der Waals surface area (Å²) in [6.45, 7) is 0.605. The molecule has 5 nitrogen and oxygen atoms in total. The third kappa shape index (κ3) is 4.41. The van der Waals surface area contributed by atoms with Gasteiger partial charge in [-0.25, -0.2) is 8.42 Å². The molecule has 0 atom stereocenters. The normalized spacial score (nSPS) is 15.7. The number of carbonyl (C=O) groups excluding carboxylic acids is 1. The standard InChI is InChI=1S/C18H17F3N2O3S/c19-18(20,21)13-4-3-5-16(12-13)27(25,26)22-14-7-9-15(10-8-14)23-11-2-1-6-17(23)24/h3-5,7-10,12,22H,1-2,6,11H2. The quantitative estimate of drug-likeness (QED) is 0.846. The number of rotatable bonds is 4.